The molecule has 4 heteroatoms. The molecule has 1 aliphatic rings. The van der Waals surface area contributed by atoms with Gasteiger partial charge >= 0.3 is 0 Å². The van der Waals surface area contributed by atoms with Gasteiger partial charge in [0.15, 0.2) is 0 Å². The lowest BCUT2D eigenvalue weighted by Gasteiger charge is -2.42. The Morgan fingerprint density at radius 1 is 1.47 bits per heavy atom. The standard InChI is InChI=1S/C13H18N2O2/c1-10-4-2-5-11(12(10)15(16)17)13(8-9-14)6-3-7-13/h2,4-5H,3,6-9,14H2,1H3. The molecule has 0 aromatic heterocycles. The lowest BCUT2D eigenvalue weighted by Crippen LogP contribution is -2.37. The van der Waals surface area contributed by atoms with Crippen LogP contribution in [-0.2, 0) is 5.41 Å². The third-order valence-corrected chi connectivity index (χ3v) is 3.93. The van der Waals surface area contributed by atoms with Gasteiger partial charge < -0.3 is 5.73 Å². The van der Waals surface area contributed by atoms with Crippen LogP contribution in [0.1, 0.15) is 36.8 Å². The highest BCUT2D eigenvalue weighted by atomic mass is 16.6. The summed E-state index contributed by atoms with van der Waals surface area (Å²) in [7, 11) is 0. The summed E-state index contributed by atoms with van der Waals surface area (Å²) in [5.74, 6) is 0. The zero-order valence-corrected chi connectivity index (χ0v) is 10.1. The summed E-state index contributed by atoms with van der Waals surface area (Å²) >= 11 is 0. The molecule has 0 amide bonds. The number of benzene rings is 1. The maximum atomic E-state index is 11.2. The van der Waals surface area contributed by atoms with Crippen molar-refractivity contribution in [2.24, 2.45) is 5.73 Å². The van der Waals surface area contributed by atoms with Gasteiger partial charge in [-0.25, -0.2) is 0 Å². The van der Waals surface area contributed by atoms with Crippen LogP contribution in [0.5, 0.6) is 0 Å². The molecule has 1 aromatic rings. The monoisotopic (exact) mass is 234 g/mol. The van der Waals surface area contributed by atoms with Crippen molar-refractivity contribution >= 4 is 5.69 Å². The Morgan fingerprint density at radius 3 is 2.65 bits per heavy atom. The molecule has 0 bridgehead atoms. The second-order valence-electron chi connectivity index (χ2n) is 4.90. The highest BCUT2D eigenvalue weighted by molar-refractivity contribution is 5.51. The molecule has 0 atom stereocenters. The van der Waals surface area contributed by atoms with Crippen LogP contribution in [0.15, 0.2) is 18.2 Å². The van der Waals surface area contributed by atoms with Gasteiger partial charge in [-0.1, -0.05) is 24.6 Å². The minimum Gasteiger partial charge on any atom is -0.330 e. The van der Waals surface area contributed by atoms with E-state index in [4.69, 9.17) is 5.73 Å². The van der Waals surface area contributed by atoms with Crippen LogP contribution in [0.4, 0.5) is 5.69 Å². The number of nitro benzene ring substituents is 1. The molecule has 0 spiro atoms. The van der Waals surface area contributed by atoms with Gasteiger partial charge in [0.25, 0.3) is 5.69 Å². The van der Waals surface area contributed by atoms with Crippen LogP contribution >= 0.6 is 0 Å². The average Bonchev–Trinajstić information content (AvgIpc) is 2.22. The molecule has 1 fully saturated rings. The molecule has 2 rings (SSSR count). The third kappa shape index (κ3) is 1.93. The Bertz CT molecular complexity index is 439. The summed E-state index contributed by atoms with van der Waals surface area (Å²) in [6, 6.07) is 5.62. The first-order valence-corrected chi connectivity index (χ1v) is 6.05. The largest absolute Gasteiger partial charge is 0.330 e. The fourth-order valence-electron chi connectivity index (χ4n) is 2.86. The topological polar surface area (TPSA) is 69.2 Å². The highest BCUT2D eigenvalue weighted by Gasteiger charge is 2.42. The van der Waals surface area contributed by atoms with Gasteiger partial charge in [0.1, 0.15) is 0 Å². The molecule has 1 aromatic carbocycles. The van der Waals surface area contributed by atoms with E-state index in [9.17, 15) is 10.1 Å². The number of nitrogens with two attached hydrogens (primary N) is 1. The molecular formula is C13H18N2O2. The van der Waals surface area contributed by atoms with Crippen LogP contribution in [0.2, 0.25) is 0 Å². The van der Waals surface area contributed by atoms with Crippen molar-refractivity contribution in [3.63, 3.8) is 0 Å². The van der Waals surface area contributed by atoms with Crippen molar-refractivity contribution in [3.05, 3.63) is 39.4 Å². The zero-order valence-electron chi connectivity index (χ0n) is 10.1. The fourth-order valence-corrected chi connectivity index (χ4v) is 2.86. The summed E-state index contributed by atoms with van der Waals surface area (Å²) in [5, 5.41) is 11.2. The second kappa shape index (κ2) is 4.45. The van der Waals surface area contributed by atoms with Crippen LogP contribution in [0.3, 0.4) is 0 Å². The van der Waals surface area contributed by atoms with Crippen molar-refractivity contribution in [2.45, 2.75) is 38.0 Å². The normalized spacial score (nSPS) is 17.5. The van der Waals surface area contributed by atoms with E-state index in [-0.39, 0.29) is 10.3 Å². The first kappa shape index (κ1) is 12.0. The Balaban J connectivity index is 2.50. The van der Waals surface area contributed by atoms with E-state index in [1.165, 1.54) is 0 Å². The molecule has 4 nitrogen and oxygen atoms in total. The van der Waals surface area contributed by atoms with E-state index in [2.05, 4.69) is 0 Å². The van der Waals surface area contributed by atoms with Crippen LogP contribution in [0, 0.1) is 17.0 Å². The molecule has 0 unspecified atom stereocenters. The first-order valence-electron chi connectivity index (χ1n) is 6.05. The second-order valence-corrected chi connectivity index (χ2v) is 4.90. The van der Waals surface area contributed by atoms with Crippen LogP contribution < -0.4 is 5.73 Å². The number of nitrogens with zero attached hydrogens (tertiary/aromatic N) is 1. The lowest BCUT2D eigenvalue weighted by atomic mass is 9.62. The lowest BCUT2D eigenvalue weighted by molar-refractivity contribution is -0.386. The third-order valence-electron chi connectivity index (χ3n) is 3.93. The van der Waals surface area contributed by atoms with Gasteiger partial charge in [0, 0.05) is 16.5 Å². The zero-order chi connectivity index (χ0) is 12.5. The Kier molecular flexibility index (Phi) is 3.15. The predicted molar refractivity (Wildman–Crippen MR) is 67.0 cm³/mol. The Morgan fingerprint density at radius 2 is 2.18 bits per heavy atom. The quantitative estimate of drug-likeness (QED) is 0.643. The maximum absolute atomic E-state index is 11.2. The van der Waals surface area contributed by atoms with Gasteiger partial charge in [0.05, 0.1) is 4.92 Å². The van der Waals surface area contributed by atoms with Gasteiger partial charge in [-0.05, 0) is 32.7 Å². The number of aryl methyl sites for hydroxylation is 1. The molecule has 0 aliphatic heterocycles. The number of rotatable bonds is 4. The predicted octanol–water partition coefficient (Wildman–Crippen LogP) is 2.67. The number of nitro groups is 1. The SMILES string of the molecule is Cc1cccc(C2(CCN)CCC2)c1[N+](=O)[O-]. The summed E-state index contributed by atoms with van der Waals surface area (Å²) in [5.41, 5.74) is 7.54. The number of para-hydroxylation sites is 1. The van der Waals surface area contributed by atoms with Gasteiger partial charge in [-0.2, -0.15) is 0 Å². The molecular weight excluding hydrogens is 216 g/mol. The molecule has 1 aliphatic carbocycles. The van der Waals surface area contributed by atoms with E-state index in [1.807, 2.05) is 12.1 Å². The van der Waals surface area contributed by atoms with E-state index in [0.717, 1.165) is 36.8 Å². The molecule has 92 valence electrons. The summed E-state index contributed by atoms with van der Waals surface area (Å²) in [4.78, 5) is 11.0. The van der Waals surface area contributed by atoms with Crippen molar-refractivity contribution in [1.29, 1.82) is 0 Å². The van der Waals surface area contributed by atoms with Gasteiger partial charge in [-0.3, -0.25) is 10.1 Å². The summed E-state index contributed by atoms with van der Waals surface area (Å²) in [6.07, 6.45) is 4.03. The van der Waals surface area contributed by atoms with Crippen molar-refractivity contribution in [3.8, 4) is 0 Å². The molecule has 2 N–H and O–H groups in total. The van der Waals surface area contributed by atoms with Crippen molar-refractivity contribution in [1.82, 2.24) is 0 Å². The maximum Gasteiger partial charge on any atom is 0.276 e. The van der Waals surface area contributed by atoms with E-state index in [1.54, 1.807) is 13.0 Å². The molecule has 0 saturated heterocycles. The number of hydrogen-bond donors (Lipinski definition) is 1. The molecule has 1 saturated carbocycles. The van der Waals surface area contributed by atoms with Crippen molar-refractivity contribution < 1.29 is 4.92 Å². The van der Waals surface area contributed by atoms with Gasteiger partial charge in [-0.15, -0.1) is 0 Å². The van der Waals surface area contributed by atoms with Crippen molar-refractivity contribution in [2.75, 3.05) is 6.54 Å². The minimum absolute atomic E-state index is 0.0385. The van der Waals surface area contributed by atoms with E-state index >= 15 is 0 Å². The Hall–Kier alpha value is -1.42. The van der Waals surface area contributed by atoms with E-state index in [0.29, 0.717) is 12.2 Å². The smallest absolute Gasteiger partial charge is 0.276 e. The molecule has 0 radical (unpaired) electrons. The molecule has 17 heavy (non-hydrogen) atoms. The van der Waals surface area contributed by atoms with Crippen LogP contribution in [-0.4, -0.2) is 11.5 Å². The summed E-state index contributed by atoms with van der Waals surface area (Å²) in [6.45, 7) is 2.39. The average molecular weight is 234 g/mol. The number of hydrogen-bond acceptors (Lipinski definition) is 3. The molecule has 0 heterocycles. The minimum atomic E-state index is -0.249. The highest BCUT2D eigenvalue weighted by Crippen LogP contribution is 2.49. The fraction of sp³-hybridized carbons (Fsp3) is 0.538. The Labute approximate surface area is 101 Å². The van der Waals surface area contributed by atoms with Gasteiger partial charge in [0.2, 0.25) is 0 Å². The first-order chi connectivity index (χ1) is 8.10. The summed E-state index contributed by atoms with van der Waals surface area (Å²) < 4.78 is 0. The van der Waals surface area contributed by atoms with Crippen LogP contribution in [0.25, 0.3) is 0 Å². The van der Waals surface area contributed by atoms with E-state index < -0.39 is 0 Å².